The van der Waals surface area contributed by atoms with E-state index in [2.05, 4.69) is 6.08 Å². The lowest BCUT2D eigenvalue weighted by Gasteiger charge is -2.06. The molecule has 0 radical (unpaired) electrons. The molecular formula is C14H14FIO. The van der Waals surface area contributed by atoms with E-state index in [1.807, 2.05) is 22.6 Å². The highest BCUT2D eigenvalue weighted by Crippen LogP contribution is 2.23. The molecule has 0 saturated heterocycles. The van der Waals surface area contributed by atoms with Crippen molar-refractivity contribution in [3.8, 4) is 0 Å². The molecule has 0 fully saturated rings. The third kappa shape index (κ3) is 3.15. The second-order valence-electron chi connectivity index (χ2n) is 4.28. The second-order valence-corrected chi connectivity index (χ2v) is 5.44. The van der Waals surface area contributed by atoms with Gasteiger partial charge in [0.15, 0.2) is 5.78 Å². The molecule has 0 atom stereocenters. The van der Waals surface area contributed by atoms with Crippen LogP contribution in [0, 0.1) is 9.39 Å². The van der Waals surface area contributed by atoms with Crippen LogP contribution in [0.25, 0.3) is 0 Å². The third-order valence-electron chi connectivity index (χ3n) is 3.01. The molecule has 1 aromatic rings. The number of carbonyl (C=O) groups is 1. The Hall–Kier alpha value is -0.710. The maximum atomic E-state index is 13.0. The summed E-state index contributed by atoms with van der Waals surface area (Å²) < 4.78 is 13.7. The maximum Gasteiger partial charge on any atom is 0.189 e. The van der Waals surface area contributed by atoms with Gasteiger partial charge in [0.1, 0.15) is 5.82 Å². The van der Waals surface area contributed by atoms with Gasteiger partial charge in [-0.2, -0.15) is 0 Å². The SMILES string of the molecule is O=C(C1=CCCCCC1)c1ccc(F)cc1I. The van der Waals surface area contributed by atoms with Crippen molar-refractivity contribution in [2.75, 3.05) is 0 Å². The number of benzene rings is 1. The summed E-state index contributed by atoms with van der Waals surface area (Å²) in [7, 11) is 0. The van der Waals surface area contributed by atoms with Crippen LogP contribution in [0.1, 0.15) is 42.5 Å². The molecule has 0 heterocycles. The van der Waals surface area contributed by atoms with Gasteiger partial charge in [-0.05, 0) is 72.0 Å². The second kappa shape index (κ2) is 5.76. The molecule has 2 rings (SSSR count). The largest absolute Gasteiger partial charge is 0.289 e. The fraction of sp³-hybridized carbons (Fsp3) is 0.357. The van der Waals surface area contributed by atoms with Crippen LogP contribution in [0.15, 0.2) is 29.8 Å². The van der Waals surface area contributed by atoms with Gasteiger partial charge in [-0.1, -0.05) is 12.5 Å². The minimum absolute atomic E-state index is 0.0660. The molecule has 1 nitrogen and oxygen atoms in total. The summed E-state index contributed by atoms with van der Waals surface area (Å²) >= 11 is 2.02. The van der Waals surface area contributed by atoms with Gasteiger partial charge in [-0.15, -0.1) is 0 Å². The average Bonchev–Trinajstić information content (AvgIpc) is 2.56. The minimum atomic E-state index is -0.291. The van der Waals surface area contributed by atoms with Crippen molar-refractivity contribution in [3.63, 3.8) is 0 Å². The molecule has 0 amide bonds. The predicted molar refractivity (Wildman–Crippen MR) is 74.6 cm³/mol. The molecule has 90 valence electrons. The minimum Gasteiger partial charge on any atom is -0.289 e. The topological polar surface area (TPSA) is 17.1 Å². The van der Waals surface area contributed by atoms with E-state index in [0.29, 0.717) is 9.13 Å². The van der Waals surface area contributed by atoms with Gasteiger partial charge in [-0.25, -0.2) is 4.39 Å². The number of halogens is 2. The number of hydrogen-bond donors (Lipinski definition) is 0. The van der Waals surface area contributed by atoms with Crippen molar-refractivity contribution < 1.29 is 9.18 Å². The van der Waals surface area contributed by atoms with Crippen LogP contribution in [-0.4, -0.2) is 5.78 Å². The summed E-state index contributed by atoms with van der Waals surface area (Å²) in [4.78, 5) is 12.3. The molecule has 3 heteroatoms. The molecule has 0 unspecified atom stereocenters. The van der Waals surface area contributed by atoms with Gasteiger partial charge in [-0.3, -0.25) is 4.79 Å². The van der Waals surface area contributed by atoms with Crippen molar-refractivity contribution in [2.45, 2.75) is 32.1 Å². The number of ketones is 1. The molecule has 0 aliphatic heterocycles. The maximum absolute atomic E-state index is 13.0. The highest BCUT2D eigenvalue weighted by molar-refractivity contribution is 14.1. The standard InChI is InChI=1S/C14H14FIO/c15-11-7-8-12(13(16)9-11)14(17)10-5-3-1-2-4-6-10/h5,7-9H,1-4,6H2. The van der Waals surface area contributed by atoms with E-state index < -0.39 is 0 Å². The van der Waals surface area contributed by atoms with Crippen molar-refractivity contribution in [1.82, 2.24) is 0 Å². The number of hydrogen-bond acceptors (Lipinski definition) is 1. The Balaban J connectivity index is 2.27. The van der Waals surface area contributed by atoms with Crippen LogP contribution in [-0.2, 0) is 0 Å². The zero-order valence-electron chi connectivity index (χ0n) is 9.51. The zero-order chi connectivity index (χ0) is 12.3. The van der Waals surface area contributed by atoms with Crippen molar-refractivity contribution in [2.24, 2.45) is 0 Å². The smallest absolute Gasteiger partial charge is 0.189 e. The van der Waals surface area contributed by atoms with Crippen LogP contribution >= 0.6 is 22.6 Å². The van der Waals surface area contributed by atoms with E-state index in [1.165, 1.54) is 18.6 Å². The molecule has 0 aromatic heterocycles. The van der Waals surface area contributed by atoms with Crippen LogP contribution in [0.2, 0.25) is 0 Å². The first-order chi connectivity index (χ1) is 8.18. The Morgan fingerprint density at radius 2 is 2.06 bits per heavy atom. The molecular weight excluding hydrogens is 330 g/mol. The summed E-state index contributed by atoms with van der Waals surface area (Å²) in [5.74, 6) is -0.225. The summed E-state index contributed by atoms with van der Waals surface area (Å²) in [5.41, 5.74) is 1.52. The van der Waals surface area contributed by atoms with Crippen molar-refractivity contribution in [1.29, 1.82) is 0 Å². The van der Waals surface area contributed by atoms with E-state index in [1.54, 1.807) is 6.07 Å². The number of allylic oxidation sites excluding steroid dienone is 2. The van der Waals surface area contributed by atoms with E-state index in [-0.39, 0.29) is 11.6 Å². The Bertz CT molecular complexity index is 465. The number of rotatable bonds is 2. The molecule has 0 saturated carbocycles. The van der Waals surface area contributed by atoms with Crippen LogP contribution in [0.5, 0.6) is 0 Å². The van der Waals surface area contributed by atoms with E-state index in [4.69, 9.17) is 0 Å². The van der Waals surface area contributed by atoms with E-state index in [0.717, 1.165) is 31.3 Å². The third-order valence-corrected chi connectivity index (χ3v) is 3.90. The van der Waals surface area contributed by atoms with Gasteiger partial charge >= 0.3 is 0 Å². The van der Waals surface area contributed by atoms with Gasteiger partial charge < -0.3 is 0 Å². The highest BCUT2D eigenvalue weighted by atomic mass is 127. The van der Waals surface area contributed by atoms with Crippen LogP contribution in [0.3, 0.4) is 0 Å². The van der Waals surface area contributed by atoms with Crippen LogP contribution in [0.4, 0.5) is 4.39 Å². The molecule has 0 bridgehead atoms. The fourth-order valence-corrected chi connectivity index (χ4v) is 2.79. The molecule has 1 aliphatic carbocycles. The van der Waals surface area contributed by atoms with E-state index >= 15 is 0 Å². The van der Waals surface area contributed by atoms with Gasteiger partial charge in [0.25, 0.3) is 0 Å². The Kier molecular flexibility index (Phi) is 4.31. The lowest BCUT2D eigenvalue weighted by molar-refractivity contribution is 0.102. The summed E-state index contributed by atoms with van der Waals surface area (Å²) in [6.45, 7) is 0. The van der Waals surface area contributed by atoms with Gasteiger partial charge in [0, 0.05) is 9.13 Å². The lowest BCUT2D eigenvalue weighted by atomic mass is 10.00. The first-order valence-corrected chi connectivity index (χ1v) is 6.95. The fourth-order valence-electron chi connectivity index (χ4n) is 2.07. The summed E-state index contributed by atoms with van der Waals surface area (Å²) in [5, 5.41) is 0. The number of Topliss-reactive ketones (excluding diaryl/α,β-unsaturated/α-hetero) is 1. The number of carbonyl (C=O) groups excluding carboxylic acids is 1. The Morgan fingerprint density at radius 3 is 2.82 bits per heavy atom. The lowest BCUT2D eigenvalue weighted by Crippen LogP contribution is -2.05. The average molecular weight is 344 g/mol. The summed E-state index contributed by atoms with van der Waals surface area (Å²) in [6, 6.07) is 4.35. The van der Waals surface area contributed by atoms with Crippen molar-refractivity contribution in [3.05, 3.63) is 44.8 Å². The van der Waals surface area contributed by atoms with Gasteiger partial charge in [0.05, 0.1) is 0 Å². The molecule has 17 heavy (non-hydrogen) atoms. The first-order valence-electron chi connectivity index (χ1n) is 5.87. The van der Waals surface area contributed by atoms with Crippen LogP contribution < -0.4 is 0 Å². The molecule has 1 aromatic carbocycles. The molecule has 1 aliphatic rings. The van der Waals surface area contributed by atoms with Crippen molar-refractivity contribution >= 4 is 28.4 Å². The monoisotopic (exact) mass is 344 g/mol. The molecule has 0 spiro atoms. The quantitative estimate of drug-likeness (QED) is 0.570. The zero-order valence-corrected chi connectivity index (χ0v) is 11.7. The Labute approximate surface area is 114 Å². The Morgan fingerprint density at radius 1 is 1.24 bits per heavy atom. The van der Waals surface area contributed by atoms with E-state index in [9.17, 15) is 9.18 Å². The molecule has 0 N–H and O–H groups in total. The predicted octanol–water partition coefficient (Wildman–Crippen LogP) is 4.50. The highest BCUT2D eigenvalue weighted by Gasteiger charge is 2.16. The summed E-state index contributed by atoms with van der Waals surface area (Å²) in [6.07, 6.45) is 7.32. The first kappa shape index (κ1) is 12.7. The normalized spacial score (nSPS) is 16.2. The van der Waals surface area contributed by atoms with Gasteiger partial charge in [0.2, 0.25) is 0 Å².